The summed E-state index contributed by atoms with van der Waals surface area (Å²) in [6.07, 6.45) is 1.82. The number of ether oxygens (including phenoxy) is 2. The highest BCUT2D eigenvalue weighted by Gasteiger charge is 2.18. The molecule has 1 N–H and O–H groups in total. The predicted molar refractivity (Wildman–Crippen MR) is 123 cm³/mol. The number of nitrogens with zero attached hydrogens (tertiary/aromatic N) is 1. The lowest BCUT2D eigenvalue weighted by molar-refractivity contribution is -0.121. The van der Waals surface area contributed by atoms with Crippen molar-refractivity contribution in [2.24, 2.45) is 0 Å². The zero-order valence-corrected chi connectivity index (χ0v) is 19.7. The average molecular weight is 449 g/mol. The largest absolute Gasteiger partial charge is 0.497 e. The third-order valence-corrected chi connectivity index (χ3v) is 5.82. The summed E-state index contributed by atoms with van der Waals surface area (Å²) in [4.78, 5) is 12.3. The van der Waals surface area contributed by atoms with E-state index in [2.05, 4.69) is 5.32 Å². The highest BCUT2D eigenvalue weighted by Crippen LogP contribution is 2.22. The van der Waals surface area contributed by atoms with Crippen LogP contribution in [0.4, 0.5) is 5.69 Å². The van der Waals surface area contributed by atoms with Crippen LogP contribution in [0, 0.1) is 13.8 Å². The Bertz CT molecular complexity index is 954. The molecular weight excluding hydrogens is 416 g/mol. The van der Waals surface area contributed by atoms with Crippen molar-refractivity contribution < 1.29 is 22.7 Å². The molecule has 0 aliphatic heterocycles. The van der Waals surface area contributed by atoms with E-state index in [0.29, 0.717) is 24.5 Å². The number of carbonyl (C=O) groups excluding carboxylic acids is 1. The first-order valence-corrected chi connectivity index (χ1v) is 12.1. The van der Waals surface area contributed by atoms with Crippen LogP contribution in [-0.2, 0) is 14.8 Å². The fourth-order valence-corrected chi connectivity index (χ4v) is 4.20. The molecule has 8 heteroatoms. The Morgan fingerprint density at radius 1 is 1.06 bits per heavy atom. The maximum atomic E-state index is 12.3. The van der Waals surface area contributed by atoms with Crippen molar-refractivity contribution in [1.29, 1.82) is 0 Å². The van der Waals surface area contributed by atoms with Crippen molar-refractivity contribution in [3.8, 4) is 11.5 Å². The number of aryl methyl sites for hydroxylation is 2. The average Bonchev–Trinajstić information content (AvgIpc) is 2.68. The number of benzene rings is 2. The van der Waals surface area contributed by atoms with Crippen molar-refractivity contribution in [3.05, 3.63) is 53.6 Å². The smallest absolute Gasteiger partial charge is 0.232 e. The molecule has 0 aliphatic rings. The maximum Gasteiger partial charge on any atom is 0.232 e. The summed E-state index contributed by atoms with van der Waals surface area (Å²) >= 11 is 0. The molecule has 1 amide bonds. The van der Waals surface area contributed by atoms with Gasteiger partial charge in [-0.15, -0.1) is 0 Å². The van der Waals surface area contributed by atoms with Crippen LogP contribution in [0.5, 0.6) is 11.5 Å². The summed E-state index contributed by atoms with van der Waals surface area (Å²) in [5, 5.41) is 2.89. The van der Waals surface area contributed by atoms with Crippen LogP contribution in [0.15, 0.2) is 42.5 Å². The van der Waals surface area contributed by atoms with Crippen LogP contribution in [0.25, 0.3) is 0 Å². The van der Waals surface area contributed by atoms with Gasteiger partial charge in [0.25, 0.3) is 0 Å². The Labute approximate surface area is 185 Å². The number of amides is 1. The molecule has 0 radical (unpaired) electrons. The zero-order valence-electron chi connectivity index (χ0n) is 18.8. The third kappa shape index (κ3) is 8.13. The van der Waals surface area contributed by atoms with Crippen LogP contribution in [0.3, 0.4) is 0 Å². The summed E-state index contributed by atoms with van der Waals surface area (Å²) < 4.78 is 36.7. The number of sulfonamides is 1. The molecule has 2 aromatic rings. The van der Waals surface area contributed by atoms with Gasteiger partial charge < -0.3 is 14.8 Å². The minimum atomic E-state index is -3.44. The van der Waals surface area contributed by atoms with Crippen LogP contribution < -0.4 is 19.1 Å². The molecule has 170 valence electrons. The molecule has 7 nitrogen and oxygen atoms in total. The Kier molecular flexibility index (Phi) is 8.74. The second-order valence-electron chi connectivity index (χ2n) is 7.74. The number of nitrogens with one attached hydrogen (secondary N) is 1. The molecule has 0 saturated heterocycles. The molecule has 0 fully saturated rings. The Balaban J connectivity index is 1.83. The summed E-state index contributed by atoms with van der Waals surface area (Å²) in [6, 6.07) is 12.7. The van der Waals surface area contributed by atoms with Crippen molar-refractivity contribution in [3.63, 3.8) is 0 Å². The van der Waals surface area contributed by atoms with Gasteiger partial charge in [0.2, 0.25) is 15.9 Å². The monoisotopic (exact) mass is 448 g/mol. The summed E-state index contributed by atoms with van der Waals surface area (Å²) in [5.41, 5.74) is 2.61. The van der Waals surface area contributed by atoms with Gasteiger partial charge in [0.1, 0.15) is 18.1 Å². The normalized spacial score (nSPS) is 12.2. The van der Waals surface area contributed by atoms with E-state index in [9.17, 15) is 13.2 Å². The second kappa shape index (κ2) is 11.0. The van der Waals surface area contributed by atoms with Crippen LogP contribution in [0.1, 0.15) is 30.9 Å². The first-order chi connectivity index (χ1) is 14.6. The molecule has 0 bridgehead atoms. The summed E-state index contributed by atoms with van der Waals surface area (Å²) in [5.74, 6) is 1.30. The highest BCUT2D eigenvalue weighted by molar-refractivity contribution is 7.92. The Hall–Kier alpha value is -2.74. The van der Waals surface area contributed by atoms with Gasteiger partial charge in [0, 0.05) is 13.0 Å². The zero-order chi connectivity index (χ0) is 23.0. The van der Waals surface area contributed by atoms with Crippen LogP contribution >= 0.6 is 0 Å². The molecule has 2 rings (SSSR count). The molecule has 2 aromatic carbocycles. The maximum absolute atomic E-state index is 12.3. The lowest BCUT2D eigenvalue weighted by Gasteiger charge is -2.23. The standard InChI is InChI=1S/C23H32N2O5S/c1-17-13-18(2)15-20(14-17)25(31(5,27)28)12-6-7-23(26)24-19(3)16-30-22-10-8-21(29-4)9-11-22/h8-11,13-15,19H,6-7,12,16H2,1-5H3,(H,24,26)/t19-/m1/s1. The second-order valence-corrected chi connectivity index (χ2v) is 9.65. The topological polar surface area (TPSA) is 84.9 Å². The van der Waals surface area contributed by atoms with E-state index >= 15 is 0 Å². The third-order valence-electron chi connectivity index (χ3n) is 4.63. The minimum Gasteiger partial charge on any atom is -0.497 e. The van der Waals surface area contributed by atoms with Gasteiger partial charge in [-0.2, -0.15) is 0 Å². The van der Waals surface area contributed by atoms with Crippen molar-refractivity contribution in [2.45, 2.75) is 39.7 Å². The number of methoxy groups -OCH3 is 1. The fourth-order valence-electron chi connectivity index (χ4n) is 3.25. The molecule has 31 heavy (non-hydrogen) atoms. The number of hydrogen-bond donors (Lipinski definition) is 1. The van der Waals surface area contributed by atoms with E-state index in [1.807, 2.05) is 51.1 Å². The van der Waals surface area contributed by atoms with Crippen molar-refractivity contribution in [1.82, 2.24) is 5.32 Å². The van der Waals surface area contributed by atoms with E-state index in [-0.39, 0.29) is 24.9 Å². The van der Waals surface area contributed by atoms with Crippen molar-refractivity contribution in [2.75, 3.05) is 30.8 Å². The fraction of sp³-hybridized carbons (Fsp3) is 0.435. The molecule has 0 saturated carbocycles. The summed E-state index contributed by atoms with van der Waals surface area (Å²) in [7, 11) is -1.84. The first-order valence-electron chi connectivity index (χ1n) is 10.2. The predicted octanol–water partition coefficient (Wildman–Crippen LogP) is 3.44. The van der Waals surface area contributed by atoms with Crippen molar-refractivity contribution >= 4 is 21.6 Å². The van der Waals surface area contributed by atoms with Gasteiger partial charge in [0.05, 0.1) is 25.1 Å². The Morgan fingerprint density at radius 3 is 2.19 bits per heavy atom. The summed E-state index contributed by atoms with van der Waals surface area (Å²) in [6.45, 7) is 6.29. The van der Waals surface area contributed by atoms with Crippen LogP contribution in [-0.4, -0.2) is 46.9 Å². The molecule has 1 atom stereocenters. The number of carbonyl (C=O) groups is 1. The van der Waals surface area contributed by atoms with Crippen LogP contribution in [0.2, 0.25) is 0 Å². The van der Waals surface area contributed by atoms with Gasteiger partial charge in [-0.05, 0) is 74.7 Å². The number of rotatable bonds is 11. The van der Waals surface area contributed by atoms with E-state index in [1.165, 1.54) is 10.6 Å². The van der Waals surface area contributed by atoms with Gasteiger partial charge in [-0.3, -0.25) is 9.10 Å². The van der Waals surface area contributed by atoms with Gasteiger partial charge in [-0.1, -0.05) is 6.07 Å². The molecule has 0 aliphatic carbocycles. The molecule has 0 spiro atoms. The van der Waals surface area contributed by atoms with Gasteiger partial charge in [0.15, 0.2) is 0 Å². The molecular formula is C23H32N2O5S. The van der Waals surface area contributed by atoms with Gasteiger partial charge >= 0.3 is 0 Å². The number of anilines is 1. The lowest BCUT2D eigenvalue weighted by Crippen LogP contribution is -2.37. The minimum absolute atomic E-state index is 0.139. The lowest BCUT2D eigenvalue weighted by atomic mass is 10.1. The molecule has 0 aromatic heterocycles. The quantitative estimate of drug-likeness (QED) is 0.569. The Morgan fingerprint density at radius 2 is 1.65 bits per heavy atom. The number of hydrogen-bond acceptors (Lipinski definition) is 5. The van der Waals surface area contributed by atoms with E-state index in [0.717, 1.165) is 16.9 Å². The van der Waals surface area contributed by atoms with Gasteiger partial charge in [-0.25, -0.2) is 8.42 Å². The van der Waals surface area contributed by atoms with E-state index < -0.39 is 10.0 Å². The first kappa shape index (κ1) is 24.5. The highest BCUT2D eigenvalue weighted by atomic mass is 32.2. The molecule has 0 heterocycles. The molecule has 0 unspecified atom stereocenters. The SMILES string of the molecule is COc1ccc(OC[C@@H](C)NC(=O)CCCN(c2cc(C)cc(C)c2)S(C)(=O)=O)cc1. The van der Waals surface area contributed by atoms with E-state index in [1.54, 1.807) is 19.2 Å². The van der Waals surface area contributed by atoms with E-state index in [4.69, 9.17) is 9.47 Å².